The summed E-state index contributed by atoms with van der Waals surface area (Å²) in [5.74, 6) is 2.25. The van der Waals surface area contributed by atoms with E-state index in [4.69, 9.17) is 19.9 Å². The summed E-state index contributed by atoms with van der Waals surface area (Å²) < 4.78 is 8.90. The molecule has 10 aromatic carbocycles. The van der Waals surface area contributed by atoms with E-state index >= 15 is 0 Å². The quantitative estimate of drug-likeness (QED) is 0.112. The van der Waals surface area contributed by atoms with Gasteiger partial charge < -0.3 is 4.57 Å². The van der Waals surface area contributed by atoms with Gasteiger partial charge in [-0.25, -0.2) is 9.55 Å². The van der Waals surface area contributed by atoms with Crippen molar-refractivity contribution in [3.05, 3.63) is 254 Å². The molecule has 5 heterocycles. The molecular formula is C65H44N8Si. The second-order valence-corrected chi connectivity index (χ2v) is 23.0. The summed E-state index contributed by atoms with van der Waals surface area (Å²) in [5, 5.41) is 9.90. The highest BCUT2D eigenvalue weighted by molar-refractivity contribution is 7.20. The fourth-order valence-electron chi connectivity index (χ4n) is 11.9. The Morgan fingerprint density at radius 3 is 1.47 bits per heavy atom. The van der Waals surface area contributed by atoms with Gasteiger partial charge in [-0.15, -0.1) is 0 Å². The van der Waals surface area contributed by atoms with Gasteiger partial charge >= 0.3 is 0 Å². The van der Waals surface area contributed by atoms with Gasteiger partial charge in [0.25, 0.3) is 0 Å². The first-order valence-electron chi connectivity index (χ1n) is 25.1. The van der Waals surface area contributed by atoms with Crippen molar-refractivity contribution in [2.24, 2.45) is 0 Å². The van der Waals surface area contributed by atoms with Crippen LogP contribution in [0.4, 0.5) is 0 Å². The number of imidazole rings is 2. The van der Waals surface area contributed by atoms with Crippen LogP contribution < -0.4 is 20.7 Å². The van der Waals surface area contributed by atoms with Gasteiger partial charge in [0, 0.05) is 32.8 Å². The normalized spacial score (nSPS) is 12.1. The molecule has 15 rings (SSSR count). The molecule has 5 aromatic heterocycles. The van der Waals surface area contributed by atoms with Gasteiger partial charge in [-0.2, -0.15) is 15.0 Å². The zero-order valence-electron chi connectivity index (χ0n) is 40.2. The number of benzene rings is 10. The van der Waals surface area contributed by atoms with Crippen LogP contribution in [0, 0.1) is 6.92 Å². The molecule has 0 radical (unpaired) electrons. The van der Waals surface area contributed by atoms with Crippen molar-refractivity contribution in [1.29, 1.82) is 0 Å². The van der Waals surface area contributed by atoms with Crippen molar-refractivity contribution in [1.82, 2.24) is 38.0 Å². The standard InChI is InChI=1S/C65H44N8Si/c1-43-36-38-60-61(40-43)72-59-35-18-14-31-54(59)66-65(72)73(60)64-68-62(44-20-19-21-45(41-44)70-55-32-15-11-28-50(55)51-29-12-16-33-56(51)70)67-63(69-64)71-57-34-17-13-30-52(57)53-42-49(37-39-58(53)71)74(46-22-5-2-6-23-46,47-24-7-3-8-25-47)48-26-9-4-10-27-48/h2-42H,1H3. The Morgan fingerprint density at radius 1 is 0.324 bits per heavy atom. The van der Waals surface area contributed by atoms with Crippen LogP contribution in [0.25, 0.3) is 100 Å². The predicted molar refractivity (Wildman–Crippen MR) is 305 cm³/mol. The van der Waals surface area contributed by atoms with E-state index in [2.05, 4.69) is 268 Å². The number of rotatable bonds is 8. The molecule has 0 saturated carbocycles. The van der Waals surface area contributed by atoms with Crippen LogP contribution in [0.1, 0.15) is 5.56 Å². The van der Waals surface area contributed by atoms with Crippen molar-refractivity contribution in [2.45, 2.75) is 6.92 Å². The van der Waals surface area contributed by atoms with E-state index in [0.717, 1.165) is 77.5 Å². The molecule has 0 spiro atoms. The number of fused-ring (bicyclic) bond motifs is 11. The van der Waals surface area contributed by atoms with Gasteiger partial charge in [0.05, 0.1) is 44.1 Å². The van der Waals surface area contributed by atoms with E-state index in [-0.39, 0.29) is 0 Å². The minimum absolute atomic E-state index is 0.470. The second kappa shape index (κ2) is 16.4. The van der Waals surface area contributed by atoms with E-state index in [1.807, 2.05) is 6.07 Å². The molecular weight excluding hydrogens is 921 g/mol. The predicted octanol–water partition coefficient (Wildman–Crippen LogP) is 12.2. The summed E-state index contributed by atoms with van der Waals surface area (Å²) in [6.45, 7) is 2.13. The number of aromatic nitrogens is 8. The SMILES string of the molecule is Cc1ccc2c(c1)n1c3ccccc3nc1n2-c1nc(-c2cccc(-n3c4ccccc4c4ccccc43)c2)nc(-n2c3ccccc3c3cc([Si](c4ccccc4)(c4ccccc4)c4ccccc4)ccc32)n1. The molecule has 348 valence electrons. The molecule has 9 heteroatoms. The van der Waals surface area contributed by atoms with E-state index in [1.54, 1.807) is 0 Å². The van der Waals surface area contributed by atoms with Crippen LogP contribution in [-0.2, 0) is 0 Å². The second-order valence-electron chi connectivity index (χ2n) is 19.2. The summed E-state index contributed by atoms with van der Waals surface area (Å²) in [7, 11) is -2.87. The van der Waals surface area contributed by atoms with Crippen LogP contribution >= 0.6 is 0 Å². The molecule has 0 atom stereocenters. The van der Waals surface area contributed by atoms with Crippen molar-refractivity contribution >= 4 is 100 Å². The van der Waals surface area contributed by atoms with E-state index < -0.39 is 8.07 Å². The third-order valence-electron chi connectivity index (χ3n) is 15.0. The zero-order chi connectivity index (χ0) is 48.9. The molecule has 0 bridgehead atoms. The highest BCUT2D eigenvalue weighted by Crippen LogP contribution is 2.36. The number of aryl methyl sites for hydroxylation is 1. The van der Waals surface area contributed by atoms with Gasteiger partial charge in [0.1, 0.15) is 0 Å². The number of hydrogen-bond donors (Lipinski definition) is 0. The Bertz CT molecular complexity index is 4540. The Labute approximate surface area is 426 Å². The number of hydrogen-bond acceptors (Lipinski definition) is 4. The lowest BCUT2D eigenvalue weighted by molar-refractivity contribution is 0.884. The van der Waals surface area contributed by atoms with Crippen LogP contribution in [0.5, 0.6) is 0 Å². The Morgan fingerprint density at radius 2 is 0.838 bits per heavy atom. The molecule has 0 fully saturated rings. The zero-order valence-corrected chi connectivity index (χ0v) is 41.2. The van der Waals surface area contributed by atoms with Crippen LogP contribution in [0.2, 0.25) is 0 Å². The van der Waals surface area contributed by atoms with E-state index in [9.17, 15) is 0 Å². The maximum atomic E-state index is 5.56. The molecule has 0 unspecified atom stereocenters. The topological polar surface area (TPSA) is 70.8 Å². The highest BCUT2D eigenvalue weighted by atomic mass is 28.3. The van der Waals surface area contributed by atoms with Crippen LogP contribution in [-0.4, -0.2) is 46.1 Å². The third-order valence-corrected chi connectivity index (χ3v) is 19.8. The summed E-state index contributed by atoms with van der Waals surface area (Å²) >= 11 is 0. The largest absolute Gasteiger partial charge is 0.309 e. The Kier molecular flexibility index (Phi) is 9.33. The molecule has 0 saturated heterocycles. The average molecular weight is 965 g/mol. The highest BCUT2D eigenvalue weighted by Gasteiger charge is 2.41. The minimum atomic E-state index is -2.87. The molecule has 74 heavy (non-hydrogen) atoms. The molecule has 0 aliphatic rings. The number of nitrogens with zero attached hydrogens (tertiary/aromatic N) is 8. The van der Waals surface area contributed by atoms with Crippen molar-refractivity contribution < 1.29 is 0 Å². The van der Waals surface area contributed by atoms with Gasteiger partial charge in [0.15, 0.2) is 13.9 Å². The first-order chi connectivity index (χ1) is 36.6. The summed E-state index contributed by atoms with van der Waals surface area (Å²) in [5.41, 5.74) is 11.2. The molecule has 0 amide bonds. The van der Waals surface area contributed by atoms with Gasteiger partial charge in [-0.3, -0.25) is 8.97 Å². The van der Waals surface area contributed by atoms with Crippen molar-refractivity contribution in [3.8, 4) is 29.0 Å². The average Bonchev–Trinajstić information content (AvgIpc) is 4.20. The smallest absolute Gasteiger partial charge is 0.242 e. The van der Waals surface area contributed by atoms with Crippen LogP contribution in [0.15, 0.2) is 249 Å². The maximum absolute atomic E-state index is 5.56. The summed E-state index contributed by atoms with van der Waals surface area (Å²) in [6, 6.07) is 89.7. The fraction of sp³-hybridized carbons (Fsp3) is 0.0154. The Hall–Kier alpha value is -9.70. The van der Waals surface area contributed by atoms with E-state index in [1.165, 1.54) is 31.5 Å². The maximum Gasteiger partial charge on any atom is 0.242 e. The van der Waals surface area contributed by atoms with Crippen molar-refractivity contribution in [3.63, 3.8) is 0 Å². The molecule has 0 aliphatic carbocycles. The van der Waals surface area contributed by atoms with Gasteiger partial charge in [-0.1, -0.05) is 188 Å². The minimum Gasteiger partial charge on any atom is -0.309 e. The molecule has 0 N–H and O–H groups in total. The lowest BCUT2D eigenvalue weighted by Crippen LogP contribution is -2.74. The third kappa shape index (κ3) is 6.20. The summed E-state index contributed by atoms with van der Waals surface area (Å²) in [4.78, 5) is 21.9. The number of para-hydroxylation sites is 5. The molecule has 15 aromatic rings. The Balaban J connectivity index is 1.01. The fourth-order valence-corrected chi connectivity index (χ4v) is 16.6. The first kappa shape index (κ1) is 42.0. The van der Waals surface area contributed by atoms with Crippen molar-refractivity contribution in [2.75, 3.05) is 0 Å². The van der Waals surface area contributed by atoms with Gasteiger partial charge in [0.2, 0.25) is 17.7 Å². The lowest BCUT2D eigenvalue weighted by atomic mass is 10.1. The summed E-state index contributed by atoms with van der Waals surface area (Å²) in [6.07, 6.45) is 0. The van der Waals surface area contributed by atoms with Crippen LogP contribution in [0.3, 0.4) is 0 Å². The monoisotopic (exact) mass is 964 g/mol. The lowest BCUT2D eigenvalue weighted by Gasteiger charge is -2.34. The van der Waals surface area contributed by atoms with Gasteiger partial charge in [-0.05, 0) is 93.9 Å². The molecule has 8 nitrogen and oxygen atoms in total. The van der Waals surface area contributed by atoms with E-state index in [0.29, 0.717) is 17.7 Å². The first-order valence-corrected chi connectivity index (χ1v) is 27.1. The molecule has 0 aliphatic heterocycles.